The van der Waals surface area contributed by atoms with Crippen LogP contribution in [-0.4, -0.2) is 34.9 Å². The minimum Gasteiger partial charge on any atom is -0.454 e. The maximum atomic E-state index is 12.6. The molecule has 2 heterocycles. The number of aliphatic hydroxyl groups is 1. The number of fused-ring (bicyclic) bond motifs is 1. The Labute approximate surface area is 152 Å². The lowest BCUT2D eigenvalue weighted by molar-refractivity contribution is -0.122. The molecule has 1 aromatic carbocycles. The zero-order valence-electron chi connectivity index (χ0n) is 14.4. The van der Waals surface area contributed by atoms with Crippen molar-refractivity contribution in [2.45, 2.75) is 37.8 Å². The monoisotopic (exact) mass is 354 g/mol. The average Bonchev–Trinajstić information content (AvgIpc) is 3.07. The van der Waals surface area contributed by atoms with E-state index in [1.54, 1.807) is 6.20 Å². The molecule has 2 N–H and O–H groups in total. The van der Waals surface area contributed by atoms with Crippen LogP contribution in [-0.2, 0) is 17.6 Å². The third-order valence-electron chi connectivity index (χ3n) is 5.02. The minimum absolute atomic E-state index is 0.0187. The third kappa shape index (κ3) is 3.80. The fourth-order valence-corrected chi connectivity index (χ4v) is 3.53. The molecule has 26 heavy (non-hydrogen) atoms. The maximum Gasteiger partial charge on any atom is 0.231 e. The van der Waals surface area contributed by atoms with Crippen molar-refractivity contribution in [2.24, 2.45) is 5.92 Å². The molecule has 0 bridgehead atoms. The Morgan fingerprint density at radius 2 is 2.08 bits per heavy atom. The van der Waals surface area contributed by atoms with Gasteiger partial charge in [0, 0.05) is 24.4 Å². The second kappa shape index (κ2) is 7.33. The van der Waals surface area contributed by atoms with Crippen LogP contribution >= 0.6 is 0 Å². The van der Waals surface area contributed by atoms with Crippen LogP contribution in [0.25, 0.3) is 0 Å². The van der Waals surface area contributed by atoms with Gasteiger partial charge in [-0.2, -0.15) is 0 Å². The van der Waals surface area contributed by atoms with Gasteiger partial charge < -0.3 is 19.9 Å². The van der Waals surface area contributed by atoms with Crippen molar-refractivity contribution in [3.05, 3.63) is 53.9 Å². The number of benzene rings is 1. The molecule has 6 nitrogen and oxygen atoms in total. The van der Waals surface area contributed by atoms with Crippen molar-refractivity contribution in [1.29, 1.82) is 0 Å². The molecule has 2 aromatic rings. The van der Waals surface area contributed by atoms with Crippen LogP contribution in [0.3, 0.4) is 0 Å². The molecule has 1 saturated carbocycles. The molecule has 2 aliphatic rings. The highest BCUT2D eigenvalue weighted by molar-refractivity contribution is 5.79. The number of nitrogens with zero attached hydrogens (tertiary/aromatic N) is 1. The van der Waals surface area contributed by atoms with Crippen molar-refractivity contribution >= 4 is 5.91 Å². The number of ether oxygens (including phenoxy) is 2. The zero-order chi connectivity index (χ0) is 17.9. The molecule has 1 atom stereocenters. The van der Waals surface area contributed by atoms with Gasteiger partial charge in [0.2, 0.25) is 12.7 Å². The van der Waals surface area contributed by atoms with Crippen LogP contribution in [0.5, 0.6) is 11.5 Å². The highest BCUT2D eigenvalue weighted by Crippen LogP contribution is 2.33. The Morgan fingerprint density at radius 3 is 2.85 bits per heavy atom. The quantitative estimate of drug-likeness (QED) is 0.828. The van der Waals surface area contributed by atoms with E-state index in [0.717, 1.165) is 24.1 Å². The van der Waals surface area contributed by atoms with Crippen molar-refractivity contribution < 1.29 is 19.4 Å². The summed E-state index contributed by atoms with van der Waals surface area (Å²) in [4.78, 5) is 16.9. The summed E-state index contributed by atoms with van der Waals surface area (Å²) in [6.45, 7) is 0.223. The van der Waals surface area contributed by atoms with Crippen molar-refractivity contribution in [3.63, 3.8) is 0 Å². The molecule has 0 unspecified atom stereocenters. The highest BCUT2D eigenvalue weighted by Gasteiger charge is 2.35. The number of hydrogen-bond donors (Lipinski definition) is 2. The van der Waals surface area contributed by atoms with Crippen molar-refractivity contribution in [1.82, 2.24) is 10.3 Å². The van der Waals surface area contributed by atoms with E-state index in [1.807, 2.05) is 36.4 Å². The largest absolute Gasteiger partial charge is 0.454 e. The number of nitrogens with one attached hydrogen (secondary N) is 1. The Hall–Kier alpha value is -2.60. The van der Waals surface area contributed by atoms with Crippen molar-refractivity contribution in [3.8, 4) is 11.5 Å². The number of aliphatic hydroxyl groups excluding tert-OH is 1. The molecule has 1 amide bonds. The van der Waals surface area contributed by atoms with E-state index in [1.165, 1.54) is 0 Å². The molecule has 136 valence electrons. The smallest absolute Gasteiger partial charge is 0.231 e. The van der Waals surface area contributed by atoms with E-state index >= 15 is 0 Å². The number of pyridine rings is 1. The predicted octanol–water partition coefficient (Wildman–Crippen LogP) is 1.85. The lowest BCUT2D eigenvalue weighted by Gasteiger charge is -2.38. The van der Waals surface area contributed by atoms with Gasteiger partial charge in [0.05, 0.1) is 12.5 Å². The second-order valence-electron chi connectivity index (χ2n) is 6.95. The predicted molar refractivity (Wildman–Crippen MR) is 94.9 cm³/mol. The Morgan fingerprint density at radius 1 is 1.23 bits per heavy atom. The number of aromatic nitrogens is 1. The molecule has 0 radical (unpaired) electrons. The first kappa shape index (κ1) is 16.8. The number of carbonyl (C=O) groups excluding carboxylic acids is 1. The fourth-order valence-electron chi connectivity index (χ4n) is 3.53. The topological polar surface area (TPSA) is 80.7 Å². The van der Waals surface area contributed by atoms with E-state index in [-0.39, 0.29) is 37.2 Å². The standard InChI is InChI=1S/C20H22N2O4/c23-16-9-14(10-16)17(11-15-3-1-2-6-21-15)22-20(24)8-13-4-5-18-19(7-13)26-12-25-18/h1-7,14,16-17,23H,8-12H2,(H,22,24)/t14?,16?,17-/m0/s1. The summed E-state index contributed by atoms with van der Waals surface area (Å²) < 4.78 is 10.7. The maximum absolute atomic E-state index is 12.6. The Bertz CT molecular complexity index is 775. The minimum atomic E-state index is -0.253. The Balaban J connectivity index is 1.40. The SMILES string of the molecule is O=C(Cc1ccc2c(c1)OCO2)N[C@@H](Cc1ccccn1)C1CC(O)C1. The van der Waals surface area contributed by atoms with Gasteiger partial charge in [0.15, 0.2) is 11.5 Å². The summed E-state index contributed by atoms with van der Waals surface area (Å²) >= 11 is 0. The molecule has 1 aromatic heterocycles. The number of amides is 1. The van der Waals surface area contributed by atoms with E-state index < -0.39 is 0 Å². The molecule has 1 aliphatic heterocycles. The number of carbonyl (C=O) groups is 1. The first-order valence-electron chi connectivity index (χ1n) is 8.93. The lowest BCUT2D eigenvalue weighted by atomic mass is 9.76. The molecule has 6 heteroatoms. The first-order chi connectivity index (χ1) is 12.7. The summed E-state index contributed by atoms with van der Waals surface area (Å²) in [5.74, 6) is 1.65. The number of rotatable bonds is 6. The average molecular weight is 354 g/mol. The molecule has 0 spiro atoms. The highest BCUT2D eigenvalue weighted by atomic mass is 16.7. The van der Waals surface area contributed by atoms with Crippen molar-refractivity contribution in [2.75, 3.05) is 6.79 Å². The van der Waals surface area contributed by atoms with Gasteiger partial charge in [0.25, 0.3) is 0 Å². The van der Waals surface area contributed by atoms with Crippen LogP contribution in [0.2, 0.25) is 0 Å². The third-order valence-corrected chi connectivity index (χ3v) is 5.02. The van der Waals surface area contributed by atoms with Gasteiger partial charge >= 0.3 is 0 Å². The summed E-state index contributed by atoms with van der Waals surface area (Å²) in [5, 5.41) is 12.8. The summed E-state index contributed by atoms with van der Waals surface area (Å²) in [6.07, 6.45) is 3.91. The molecular weight excluding hydrogens is 332 g/mol. The molecular formula is C20H22N2O4. The van der Waals surface area contributed by atoms with Gasteiger partial charge in [-0.05, 0) is 48.6 Å². The van der Waals surface area contributed by atoms with E-state index in [4.69, 9.17) is 9.47 Å². The van der Waals surface area contributed by atoms with Gasteiger partial charge in [0.1, 0.15) is 0 Å². The summed E-state index contributed by atoms with van der Waals surface area (Å²) in [6, 6.07) is 11.3. The first-order valence-corrected chi connectivity index (χ1v) is 8.93. The number of hydrogen-bond acceptors (Lipinski definition) is 5. The molecule has 1 aliphatic carbocycles. The van der Waals surface area contributed by atoms with Gasteiger partial charge in [-0.25, -0.2) is 0 Å². The fraction of sp³-hybridized carbons (Fsp3) is 0.400. The summed E-state index contributed by atoms with van der Waals surface area (Å²) in [7, 11) is 0. The van der Waals surface area contributed by atoms with E-state index in [2.05, 4.69) is 10.3 Å². The van der Waals surface area contributed by atoms with Crippen LogP contribution in [0, 0.1) is 5.92 Å². The Kier molecular flexibility index (Phi) is 4.75. The molecule has 0 saturated heterocycles. The van der Waals surface area contributed by atoms with Crippen LogP contribution in [0.4, 0.5) is 0 Å². The normalized spacial score (nSPS) is 21.7. The van der Waals surface area contributed by atoms with E-state index in [0.29, 0.717) is 17.9 Å². The molecule has 1 fully saturated rings. The lowest BCUT2D eigenvalue weighted by Crippen LogP contribution is -2.48. The van der Waals surface area contributed by atoms with Gasteiger partial charge in [-0.1, -0.05) is 12.1 Å². The summed E-state index contributed by atoms with van der Waals surface area (Å²) in [5.41, 5.74) is 1.83. The molecule has 4 rings (SSSR count). The van der Waals surface area contributed by atoms with Crippen LogP contribution < -0.4 is 14.8 Å². The van der Waals surface area contributed by atoms with Crippen LogP contribution in [0.1, 0.15) is 24.1 Å². The van der Waals surface area contributed by atoms with E-state index in [9.17, 15) is 9.90 Å². The second-order valence-corrected chi connectivity index (χ2v) is 6.95. The van der Waals surface area contributed by atoms with Gasteiger partial charge in [-0.15, -0.1) is 0 Å². The zero-order valence-corrected chi connectivity index (χ0v) is 14.4. The van der Waals surface area contributed by atoms with Crippen LogP contribution in [0.15, 0.2) is 42.6 Å². The van der Waals surface area contributed by atoms with Gasteiger partial charge in [-0.3, -0.25) is 9.78 Å².